The lowest BCUT2D eigenvalue weighted by Crippen LogP contribution is -2.62. The lowest BCUT2D eigenvalue weighted by Gasteiger charge is -2.60. The zero-order chi connectivity index (χ0) is 22.7. The fourth-order valence-corrected chi connectivity index (χ4v) is 8.14. The van der Waals surface area contributed by atoms with E-state index in [4.69, 9.17) is 13.6 Å². The van der Waals surface area contributed by atoms with Gasteiger partial charge in [-0.1, -0.05) is 48.5 Å². The number of hydrogen-bond acceptors (Lipinski definition) is 4. The van der Waals surface area contributed by atoms with E-state index in [1.54, 1.807) is 0 Å². The average Bonchev–Trinajstić information content (AvgIpc) is 2.67. The molecule has 2 bridgehead atoms. The van der Waals surface area contributed by atoms with Gasteiger partial charge >= 0.3 is 5.97 Å². The Labute approximate surface area is 188 Å². The van der Waals surface area contributed by atoms with Crippen molar-refractivity contribution in [3.63, 3.8) is 0 Å². The lowest BCUT2D eigenvalue weighted by atomic mass is 9.54. The molecule has 0 fully saturated rings. The van der Waals surface area contributed by atoms with Crippen LogP contribution in [0.5, 0.6) is 0 Å². The fourth-order valence-electron chi connectivity index (χ4n) is 5.47. The van der Waals surface area contributed by atoms with Crippen LogP contribution in [0, 0.1) is 5.92 Å². The van der Waals surface area contributed by atoms with Crippen molar-refractivity contribution in [2.45, 2.75) is 63.8 Å². The van der Waals surface area contributed by atoms with Crippen LogP contribution in [0.4, 0.5) is 0 Å². The minimum atomic E-state index is -2.07. The topological polar surface area (TPSA) is 44.8 Å². The molecule has 0 saturated carbocycles. The molecular weight excluding hydrogens is 420 g/mol. The second kappa shape index (κ2) is 7.41. The van der Waals surface area contributed by atoms with Gasteiger partial charge in [-0.3, -0.25) is 4.79 Å². The molecule has 3 aliphatic carbocycles. The van der Waals surface area contributed by atoms with E-state index in [0.29, 0.717) is 13.0 Å². The molecule has 6 heteroatoms. The summed E-state index contributed by atoms with van der Waals surface area (Å²) in [5, 5.41) is 0. The summed E-state index contributed by atoms with van der Waals surface area (Å²) in [6, 6.07) is 16.8. The average molecular weight is 455 g/mol. The standard InChI is InChI=1S/C25H34O4Si2/c1-8-27-23(26)22-17-24(28-30(2,3)4)18-13-9-11-15-20(18)25(22,29-31(5,6)7)21-16-12-10-14-19(21)24/h9-16,22H,8,17H2,1-7H3/t22-,24?,25?/m1/s1. The van der Waals surface area contributed by atoms with E-state index < -0.39 is 33.8 Å². The van der Waals surface area contributed by atoms with Crippen LogP contribution in [-0.2, 0) is 29.6 Å². The number of esters is 1. The summed E-state index contributed by atoms with van der Waals surface area (Å²) in [6.07, 6.45) is 0.536. The van der Waals surface area contributed by atoms with Gasteiger partial charge in [0, 0.05) is 6.42 Å². The summed E-state index contributed by atoms with van der Waals surface area (Å²) in [5.41, 5.74) is 2.86. The minimum Gasteiger partial charge on any atom is -0.466 e. The SMILES string of the molecule is CCOC(=O)[C@H]1CC2(O[Si](C)(C)C)c3ccccc3C1(O[Si](C)(C)C)c1ccccc12. The molecule has 4 nitrogen and oxygen atoms in total. The molecule has 0 spiro atoms. The number of ether oxygens (including phenoxy) is 1. The Hall–Kier alpha value is -1.74. The zero-order valence-corrected chi connectivity index (χ0v) is 21.7. The number of benzene rings is 2. The predicted octanol–water partition coefficient (Wildman–Crippen LogP) is 5.77. The Kier molecular flexibility index (Phi) is 5.36. The van der Waals surface area contributed by atoms with Crippen molar-refractivity contribution >= 4 is 22.6 Å². The van der Waals surface area contributed by atoms with Crippen LogP contribution in [0.3, 0.4) is 0 Å². The Bertz CT molecular complexity index is 956. The highest BCUT2D eigenvalue weighted by atomic mass is 28.4. The quantitative estimate of drug-likeness (QED) is 0.410. The molecule has 0 N–H and O–H groups in total. The number of carbonyl (C=O) groups excluding carboxylic acids is 1. The second-order valence-corrected chi connectivity index (χ2v) is 19.4. The largest absolute Gasteiger partial charge is 0.466 e. The molecule has 2 aromatic rings. The summed E-state index contributed by atoms with van der Waals surface area (Å²) in [4.78, 5) is 13.5. The lowest BCUT2D eigenvalue weighted by molar-refractivity contribution is -0.163. The molecule has 0 saturated heterocycles. The minimum absolute atomic E-state index is 0.201. The van der Waals surface area contributed by atoms with Crippen LogP contribution in [-0.4, -0.2) is 29.2 Å². The first-order valence-corrected chi connectivity index (χ1v) is 18.0. The van der Waals surface area contributed by atoms with E-state index in [1.807, 2.05) is 19.1 Å². The van der Waals surface area contributed by atoms with Crippen molar-refractivity contribution in [2.24, 2.45) is 5.92 Å². The van der Waals surface area contributed by atoms with Crippen molar-refractivity contribution in [1.82, 2.24) is 0 Å². The second-order valence-electron chi connectivity index (χ2n) is 10.6. The molecule has 0 aromatic heterocycles. The summed E-state index contributed by atoms with van der Waals surface area (Å²) in [7, 11) is -4.06. The Morgan fingerprint density at radius 1 is 0.839 bits per heavy atom. The Balaban J connectivity index is 2.10. The first-order chi connectivity index (χ1) is 14.4. The molecule has 0 radical (unpaired) electrons. The van der Waals surface area contributed by atoms with Crippen LogP contribution < -0.4 is 0 Å². The Morgan fingerprint density at radius 3 is 1.71 bits per heavy atom. The molecule has 5 rings (SSSR count). The highest BCUT2D eigenvalue weighted by molar-refractivity contribution is 6.70. The summed E-state index contributed by atoms with van der Waals surface area (Å²) in [6.45, 7) is 15.4. The molecule has 31 heavy (non-hydrogen) atoms. The van der Waals surface area contributed by atoms with Gasteiger partial charge in [0.05, 0.1) is 12.5 Å². The number of rotatable bonds is 6. The molecule has 166 valence electrons. The third-order valence-corrected chi connectivity index (χ3v) is 7.92. The number of fused-ring (bicyclic) bond motifs is 1. The van der Waals surface area contributed by atoms with Crippen molar-refractivity contribution in [3.8, 4) is 0 Å². The van der Waals surface area contributed by atoms with Crippen LogP contribution in [0.2, 0.25) is 39.3 Å². The summed E-state index contributed by atoms with van der Waals surface area (Å²) in [5.74, 6) is -0.659. The molecule has 0 amide bonds. The van der Waals surface area contributed by atoms with Gasteiger partial charge in [-0.2, -0.15) is 0 Å². The van der Waals surface area contributed by atoms with E-state index in [-0.39, 0.29) is 5.97 Å². The number of hydrogen-bond donors (Lipinski definition) is 0. The van der Waals surface area contributed by atoms with Gasteiger partial charge < -0.3 is 13.6 Å². The summed E-state index contributed by atoms with van der Waals surface area (Å²) < 4.78 is 19.7. The van der Waals surface area contributed by atoms with Gasteiger partial charge in [-0.05, 0) is 68.5 Å². The Morgan fingerprint density at radius 2 is 1.29 bits per heavy atom. The molecular formula is C25H34O4Si2. The van der Waals surface area contributed by atoms with Gasteiger partial charge in [0.2, 0.25) is 0 Å². The highest BCUT2D eigenvalue weighted by Gasteiger charge is 2.65. The molecule has 2 aromatic carbocycles. The van der Waals surface area contributed by atoms with Crippen molar-refractivity contribution in [1.29, 1.82) is 0 Å². The fraction of sp³-hybridized carbons (Fsp3) is 0.480. The third-order valence-electron chi connectivity index (χ3n) is 6.03. The van der Waals surface area contributed by atoms with Gasteiger partial charge in [-0.25, -0.2) is 0 Å². The number of carbonyl (C=O) groups is 1. The van der Waals surface area contributed by atoms with Crippen molar-refractivity contribution < 1.29 is 18.4 Å². The van der Waals surface area contributed by atoms with Crippen LogP contribution >= 0.6 is 0 Å². The van der Waals surface area contributed by atoms with Crippen molar-refractivity contribution in [3.05, 3.63) is 70.8 Å². The van der Waals surface area contributed by atoms with Gasteiger partial charge in [-0.15, -0.1) is 0 Å². The first kappa shape index (κ1) is 22.5. The van der Waals surface area contributed by atoms with E-state index in [2.05, 4.69) is 75.7 Å². The maximum atomic E-state index is 13.5. The van der Waals surface area contributed by atoms with E-state index >= 15 is 0 Å². The molecule has 3 aliphatic rings. The van der Waals surface area contributed by atoms with Crippen LogP contribution in [0.25, 0.3) is 0 Å². The van der Waals surface area contributed by atoms with Gasteiger partial charge in [0.15, 0.2) is 16.6 Å². The first-order valence-electron chi connectivity index (χ1n) is 11.2. The monoisotopic (exact) mass is 454 g/mol. The van der Waals surface area contributed by atoms with Crippen molar-refractivity contribution in [2.75, 3.05) is 6.61 Å². The smallest absolute Gasteiger partial charge is 0.312 e. The molecule has 0 aliphatic heterocycles. The van der Waals surface area contributed by atoms with Crippen LogP contribution in [0.1, 0.15) is 35.6 Å². The predicted molar refractivity (Wildman–Crippen MR) is 128 cm³/mol. The molecule has 1 atom stereocenters. The van der Waals surface area contributed by atoms with Gasteiger partial charge in [0.1, 0.15) is 11.2 Å². The molecule has 0 heterocycles. The van der Waals surface area contributed by atoms with Crippen LogP contribution in [0.15, 0.2) is 48.5 Å². The van der Waals surface area contributed by atoms with E-state index in [9.17, 15) is 4.79 Å². The van der Waals surface area contributed by atoms with E-state index in [0.717, 1.165) is 22.3 Å². The highest BCUT2D eigenvalue weighted by Crippen LogP contribution is 2.64. The third kappa shape index (κ3) is 3.54. The molecule has 0 unspecified atom stereocenters. The summed E-state index contributed by atoms with van der Waals surface area (Å²) >= 11 is 0. The maximum Gasteiger partial charge on any atom is 0.312 e. The van der Waals surface area contributed by atoms with E-state index in [1.165, 1.54) is 0 Å². The normalized spacial score (nSPS) is 26.9. The maximum absolute atomic E-state index is 13.5. The van der Waals surface area contributed by atoms with Gasteiger partial charge in [0.25, 0.3) is 0 Å². The zero-order valence-electron chi connectivity index (χ0n) is 19.7.